The molecule has 7 heteroatoms. The van der Waals surface area contributed by atoms with Crippen LogP contribution in [0.25, 0.3) is 0 Å². The summed E-state index contributed by atoms with van der Waals surface area (Å²) < 4.78 is 0. The number of aliphatic hydroxyl groups is 1. The van der Waals surface area contributed by atoms with Gasteiger partial charge in [-0.25, -0.2) is 0 Å². The molecule has 2 saturated heterocycles. The van der Waals surface area contributed by atoms with E-state index >= 15 is 0 Å². The predicted molar refractivity (Wildman–Crippen MR) is 116 cm³/mol. The van der Waals surface area contributed by atoms with Gasteiger partial charge in [-0.15, -0.1) is 0 Å². The number of hydrogen-bond donors (Lipinski definition) is 2. The largest absolute Gasteiger partial charge is 0.386 e. The molecule has 7 nitrogen and oxygen atoms in total. The number of aliphatic hydroxyl groups excluding tert-OH is 1. The number of carbonyl (C=O) groups is 1. The number of nitrogens with zero attached hydrogens (tertiary/aromatic N) is 4. The highest BCUT2D eigenvalue weighted by Crippen LogP contribution is 2.14. The van der Waals surface area contributed by atoms with Crippen LogP contribution < -0.4 is 5.32 Å². The Kier molecular flexibility index (Phi) is 7.89. The topological polar surface area (TPSA) is 71.4 Å². The second-order valence-corrected chi connectivity index (χ2v) is 7.97. The molecule has 0 saturated carbocycles. The van der Waals surface area contributed by atoms with E-state index in [-0.39, 0.29) is 5.91 Å². The first-order valence-corrected chi connectivity index (χ1v) is 10.8. The van der Waals surface area contributed by atoms with Crippen LogP contribution in [0, 0.1) is 6.92 Å². The van der Waals surface area contributed by atoms with Crippen LogP contribution in [0.4, 0.5) is 0 Å². The van der Waals surface area contributed by atoms with Gasteiger partial charge in [-0.2, -0.15) is 0 Å². The van der Waals surface area contributed by atoms with Crippen LogP contribution in [0.1, 0.15) is 37.0 Å². The number of guanidine groups is 1. The monoisotopic (exact) mass is 401 g/mol. The Morgan fingerprint density at radius 2 is 1.72 bits per heavy atom. The molecule has 160 valence electrons. The molecule has 1 unspecified atom stereocenters. The smallest absolute Gasteiger partial charge is 0.236 e. The zero-order chi connectivity index (χ0) is 20.6. The third kappa shape index (κ3) is 6.18. The third-order valence-electron chi connectivity index (χ3n) is 5.70. The van der Waals surface area contributed by atoms with E-state index in [4.69, 9.17) is 0 Å². The molecule has 2 fully saturated rings. The maximum Gasteiger partial charge on any atom is 0.236 e. The van der Waals surface area contributed by atoms with Crippen LogP contribution in [0.5, 0.6) is 0 Å². The average molecular weight is 402 g/mol. The summed E-state index contributed by atoms with van der Waals surface area (Å²) in [6, 6.07) is 7.93. The molecular weight excluding hydrogens is 366 g/mol. The van der Waals surface area contributed by atoms with Gasteiger partial charge in [-0.05, 0) is 32.3 Å². The van der Waals surface area contributed by atoms with Gasteiger partial charge in [-0.3, -0.25) is 14.7 Å². The molecule has 3 rings (SSSR count). The van der Waals surface area contributed by atoms with Crippen molar-refractivity contribution >= 4 is 11.9 Å². The lowest BCUT2D eigenvalue weighted by atomic mass is 10.1. The number of aryl methyl sites for hydroxylation is 1. The van der Waals surface area contributed by atoms with Gasteiger partial charge in [0, 0.05) is 45.8 Å². The molecule has 1 aromatic rings. The molecule has 0 aliphatic carbocycles. The SMILES string of the molecule is CCNC(=NCC(O)c1ccc(C)cc1)N1CCN(CC(=O)N2CCCC2)CC1. The minimum Gasteiger partial charge on any atom is -0.386 e. The van der Waals surface area contributed by atoms with Gasteiger partial charge in [0.1, 0.15) is 0 Å². The Balaban J connectivity index is 1.50. The van der Waals surface area contributed by atoms with Crippen LogP contribution in [0.15, 0.2) is 29.3 Å². The van der Waals surface area contributed by atoms with E-state index in [1.54, 1.807) is 0 Å². The summed E-state index contributed by atoms with van der Waals surface area (Å²) in [5, 5.41) is 13.8. The number of benzene rings is 1. The molecule has 2 aliphatic rings. The van der Waals surface area contributed by atoms with Crippen molar-refractivity contribution < 1.29 is 9.90 Å². The summed E-state index contributed by atoms with van der Waals surface area (Å²) in [6.07, 6.45) is 1.66. The molecular formula is C22H35N5O2. The predicted octanol–water partition coefficient (Wildman–Crippen LogP) is 1.23. The molecule has 1 atom stereocenters. The van der Waals surface area contributed by atoms with Crippen LogP contribution >= 0.6 is 0 Å². The summed E-state index contributed by atoms with van der Waals surface area (Å²) in [5.74, 6) is 1.10. The lowest BCUT2D eigenvalue weighted by Gasteiger charge is -2.36. The van der Waals surface area contributed by atoms with Crippen molar-refractivity contribution in [2.75, 3.05) is 58.9 Å². The summed E-state index contributed by atoms with van der Waals surface area (Å²) in [5.41, 5.74) is 2.07. The number of nitrogens with one attached hydrogen (secondary N) is 1. The van der Waals surface area contributed by atoms with E-state index in [0.717, 1.165) is 70.2 Å². The summed E-state index contributed by atoms with van der Waals surface area (Å²) in [6.45, 7) is 10.9. The first kappa shape index (κ1) is 21.6. The molecule has 1 amide bonds. The number of piperazine rings is 1. The summed E-state index contributed by atoms with van der Waals surface area (Å²) >= 11 is 0. The van der Waals surface area contributed by atoms with Crippen molar-refractivity contribution in [3.8, 4) is 0 Å². The zero-order valence-electron chi connectivity index (χ0n) is 17.8. The average Bonchev–Trinajstić information content (AvgIpc) is 3.27. The van der Waals surface area contributed by atoms with Crippen molar-refractivity contribution in [1.82, 2.24) is 20.0 Å². The van der Waals surface area contributed by atoms with E-state index in [2.05, 4.69) is 27.0 Å². The Morgan fingerprint density at radius 1 is 1.07 bits per heavy atom. The number of carbonyl (C=O) groups excluding carboxylic acids is 1. The van der Waals surface area contributed by atoms with E-state index < -0.39 is 6.10 Å². The fourth-order valence-corrected chi connectivity index (χ4v) is 3.87. The second kappa shape index (κ2) is 10.6. The number of hydrogen-bond acceptors (Lipinski definition) is 4. The molecule has 2 heterocycles. The number of amides is 1. The minimum atomic E-state index is -0.608. The van der Waals surface area contributed by atoms with Crippen molar-refractivity contribution in [3.63, 3.8) is 0 Å². The highest BCUT2D eigenvalue weighted by Gasteiger charge is 2.24. The van der Waals surface area contributed by atoms with Crippen LogP contribution in [0.3, 0.4) is 0 Å². The van der Waals surface area contributed by atoms with Crippen LogP contribution in [-0.2, 0) is 4.79 Å². The number of likely N-dealkylation sites (tertiary alicyclic amines) is 1. The van der Waals surface area contributed by atoms with Gasteiger partial charge in [0.2, 0.25) is 5.91 Å². The van der Waals surface area contributed by atoms with Crippen molar-refractivity contribution in [2.24, 2.45) is 4.99 Å². The Labute approximate surface area is 174 Å². The summed E-state index contributed by atoms with van der Waals surface area (Å²) in [7, 11) is 0. The molecule has 0 aromatic heterocycles. The molecule has 2 aliphatic heterocycles. The molecule has 29 heavy (non-hydrogen) atoms. The molecule has 2 N–H and O–H groups in total. The lowest BCUT2D eigenvalue weighted by Crippen LogP contribution is -2.54. The molecule has 0 radical (unpaired) electrons. The normalized spacial score (nSPS) is 19.5. The molecule has 0 spiro atoms. The van der Waals surface area contributed by atoms with E-state index in [1.807, 2.05) is 36.1 Å². The van der Waals surface area contributed by atoms with Gasteiger partial charge in [0.25, 0.3) is 0 Å². The Hall–Kier alpha value is -2.12. The van der Waals surface area contributed by atoms with E-state index in [0.29, 0.717) is 13.1 Å². The highest BCUT2D eigenvalue weighted by molar-refractivity contribution is 5.80. The lowest BCUT2D eigenvalue weighted by molar-refractivity contribution is -0.131. The first-order valence-electron chi connectivity index (χ1n) is 10.8. The van der Waals surface area contributed by atoms with Gasteiger partial charge in [0.15, 0.2) is 5.96 Å². The van der Waals surface area contributed by atoms with Gasteiger partial charge < -0.3 is 20.2 Å². The van der Waals surface area contributed by atoms with Crippen molar-refractivity contribution in [1.29, 1.82) is 0 Å². The van der Waals surface area contributed by atoms with E-state index in [9.17, 15) is 9.90 Å². The standard InChI is InChI=1S/C22H35N5O2/c1-3-23-22(24-16-20(28)19-8-6-18(2)7-9-19)27-14-12-25(13-15-27)17-21(29)26-10-4-5-11-26/h6-9,20,28H,3-5,10-17H2,1-2H3,(H,23,24). The maximum atomic E-state index is 12.4. The van der Waals surface area contributed by atoms with Gasteiger partial charge >= 0.3 is 0 Å². The number of aliphatic imine (C=N–C) groups is 1. The van der Waals surface area contributed by atoms with Crippen LogP contribution in [0.2, 0.25) is 0 Å². The highest BCUT2D eigenvalue weighted by atomic mass is 16.3. The van der Waals surface area contributed by atoms with E-state index in [1.165, 1.54) is 5.56 Å². The maximum absolute atomic E-state index is 12.4. The Bertz CT molecular complexity index is 677. The minimum absolute atomic E-state index is 0.262. The first-order chi connectivity index (χ1) is 14.1. The Morgan fingerprint density at radius 3 is 2.34 bits per heavy atom. The fourth-order valence-electron chi connectivity index (χ4n) is 3.87. The number of rotatable bonds is 6. The quantitative estimate of drug-likeness (QED) is 0.554. The van der Waals surface area contributed by atoms with Crippen LogP contribution in [-0.4, -0.2) is 90.6 Å². The van der Waals surface area contributed by atoms with Gasteiger partial charge in [0.05, 0.1) is 19.2 Å². The summed E-state index contributed by atoms with van der Waals surface area (Å²) in [4.78, 5) is 23.5. The van der Waals surface area contributed by atoms with Crippen molar-refractivity contribution in [2.45, 2.75) is 32.8 Å². The zero-order valence-corrected chi connectivity index (χ0v) is 17.8. The molecule has 0 bridgehead atoms. The van der Waals surface area contributed by atoms with Gasteiger partial charge in [-0.1, -0.05) is 29.8 Å². The van der Waals surface area contributed by atoms with Crippen molar-refractivity contribution in [3.05, 3.63) is 35.4 Å². The fraction of sp³-hybridized carbons (Fsp3) is 0.636. The third-order valence-corrected chi connectivity index (χ3v) is 5.70. The molecule has 1 aromatic carbocycles. The second-order valence-electron chi connectivity index (χ2n) is 7.97.